The normalized spacial score (nSPS) is 10.5. The van der Waals surface area contributed by atoms with Crippen LogP contribution in [0.3, 0.4) is 0 Å². The number of hydrogen-bond acceptors (Lipinski definition) is 5. The Bertz CT molecular complexity index is 488. The van der Waals surface area contributed by atoms with Crippen LogP contribution >= 0.6 is 0 Å². The predicted molar refractivity (Wildman–Crippen MR) is 47.3 cm³/mol. The van der Waals surface area contributed by atoms with Gasteiger partial charge in [0.05, 0.1) is 0 Å². The van der Waals surface area contributed by atoms with Gasteiger partial charge in [0.15, 0.2) is 5.82 Å². The minimum atomic E-state index is -1.03. The zero-order valence-electron chi connectivity index (χ0n) is 7.91. The molecule has 2 rings (SSSR count). The van der Waals surface area contributed by atoms with Gasteiger partial charge < -0.3 is 9.63 Å². The van der Waals surface area contributed by atoms with E-state index in [4.69, 9.17) is 9.63 Å². The van der Waals surface area contributed by atoms with Crippen LogP contribution < -0.4 is 0 Å². The largest absolute Gasteiger partial charge is 0.477 e. The molecular weight excluding hydrogens is 200 g/mol. The number of aryl methyl sites for hydroxylation is 1. The summed E-state index contributed by atoms with van der Waals surface area (Å²) in [5.41, 5.74) is 0.0949. The molecule has 15 heavy (non-hydrogen) atoms. The third kappa shape index (κ3) is 1.85. The van der Waals surface area contributed by atoms with E-state index in [1.165, 1.54) is 16.9 Å². The lowest BCUT2D eigenvalue weighted by Crippen LogP contribution is -2.11. The van der Waals surface area contributed by atoms with Crippen LogP contribution in [0.2, 0.25) is 0 Å². The molecule has 78 valence electrons. The van der Waals surface area contributed by atoms with Gasteiger partial charge in [-0.1, -0.05) is 5.16 Å². The summed E-state index contributed by atoms with van der Waals surface area (Å²) in [6.07, 6.45) is 1.41. The second-order valence-corrected chi connectivity index (χ2v) is 2.91. The van der Waals surface area contributed by atoms with E-state index in [1.54, 1.807) is 6.92 Å². The van der Waals surface area contributed by atoms with E-state index in [-0.39, 0.29) is 12.2 Å². The summed E-state index contributed by atoms with van der Waals surface area (Å²) in [5.74, 6) is -0.194. The second-order valence-electron chi connectivity index (χ2n) is 2.91. The second kappa shape index (κ2) is 3.52. The van der Waals surface area contributed by atoms with Gasteiger partial charge >= 0.3 is 5.97 Å². The molecule has 0 amide bonds. The summed E-state index contributed by atoms with van der Waals surface area (Å²) in [6.45, 7) is 1.85. The highest BCUT2D eigenvalue weighted by atomic mass is 16.5. The minimum Gasteiger partial charge on any atom is -0.477 e. The highest BCUT2D eigenvalue weighted by molar-refractivity contribution is 5.85. The molecular formula is C8H8N4O3. The Hall–Kier alpha value is -2.18. The molecule has 7 heteroatoms. The van der Waals surface area contributed by atoms with Crippen LogP contribution in [0, 0.1) is 6.92 Å². The van der Waals surface area contributed by atoms with Crippen LogP contribution in [0.1, 0.15) is 22.2 Å². The maximum atomic E-state index is 10.8. The predicted octanol–water partition coefficient (Wildman–Crippen LogP) is 0.321. The summed E-state index contributed by atoms with van der Waals surface area (Å²) in [6, 6.07) is 1.41. The van der Waals surface area contributed by atoms with Crippen LogP contribution in [0.5, 0.6) is 0 Å². The van der Waals surface area contributed by atoms with Crippen molar-refractivity contribution in [2.75, 3.05) is 0 Å². The van der Waals surface area contributed by atoms with Gasteiger partial charge in [0.2, 0.25) is 5.89 Å². The zero-order chi connectivity index (χ0) is 10.8. The first-order valence-corrected chi connectivity index (χ1v) is 4.21. The Balaban J connectivity index is 2.24. The van der Waals surface area contributed by atoms with E-state index in [1.807, 2.05) is 0 Å². The van der Waals surface area contributed by atoms with Gasteiger partial charge in [0.1, 0.15) is 12.2 Å². The van der Waals surface area contributed by atoms with Crippen molar-refractivity contribution in [3.05, 3.63) is 29.7 Å². The van der Waals surface area contributed by atoms with Crippen LogP contribution in [0.4, 0.5) is 0 Å². The van der Waals surface area contributed by atoms with Crippen molar-refractivity contribution in [3.63, 3.8) is 0 Å². The first kappa shape index (κ1) is 9.38. The molecule has 0 aliphatic heterocycles. The summed E-state index contributed by atoms with van der Waals surface area (Å²) < 4.78 is 6.06. The van der Waals surface area contributed by atoms with Crippen LogP contribution in [-0.4, -0.2) is 31.0 Å². The molecule has 0 bridgehead atoms. The van der Waals surface area contributed by atoms with E-state index in [0.717, 1.165) is 0 Å². The third-order valence-corrected chi connectivity index (χ3v) is 1.80. The zero-order valence-corrected chi connectivity index (χ0v) is 7.91. The summed E-state index contributed by atoms with van der Waals surface area (Å²) in [7, 11) is 0. The Morgan fingerprint density at radius 3 is 3.07 bits per heavy atom. The molecule has 0 aliphatic rings. The average Bonchev–Trinajstić information content (AvgIpc) is 2.75. The minimum absolute atomic E-state index is 0.0949. The standard InChI is InChI=1S/C8H8N4O3/c1-5-10-7(11-15-5)4-12-6(8(13)14)2-3-9-12/h2-3H,4H2,1H3,(H,13,14). The molecule has 0 aromatic carbocycles. The molecule has 2 aromatic rings. The average molecular weight is 208 g/mol. The summed E-state index contributed by atoms with van der Waals surface area (Å²) >= 11 is 0. The number of carbonyl (C=O) groups is 1. The molecule has 0 unspecified atom stereocenters. The molecule has 0 atom stereocenters. The van der Waals surface area contributed by atoms with Crippen molar-refractivity contribution >= 4 is 5.97 Å². The van der Waals surface area contributed by atoms with Crippen molar-refractivity contribution in [3.8, 4) is 0 Å². The lowest BCUT2D eigenvalue weighted by atomic mass is 10.4. The van der Waals surface area contributed by atoms with Crippen LogP contribution in [0.25, 0.3) is 0 Å². The Kier molecular flexibility index (Phi) is 2.20. The Morgan fingerprint density at radius 1 is 1.67 bits per heavy atom. The molecule has 0 saturated carbocycles. The van der Waals surface area contributed by atoms with Crippen molar-refractivity contribution in [2.24, 2.45) is 0 Å². The number of hydrogen-bond donors (Lipinski definition) is 1. The molecule has 2 heterocycles. The fourth-order valence-electron chi connectivity index (χ4n) is 1.18. The van der Waals surface area contributed by atoms with E-state index < -0.39 is 5.97 Å². The highest BCUT2D eigenvalue weighted by Crippen LogP contribution is 2.03. The Morgan fingerprint density at radius 2 is 2.47 bits per heavy atom. The molecule has 1 N–H and O–H groups in total. The first-order chi connectivity index (χ1) is 7.16. The smallest absolute Gasteiger partial charge is 0.354 e. The van der Waals surface area contributed by atoms with E-state index in [2.05, 4.69) is 15.2 Å². The van der Waals surface area contributed by atoms with Gasteiger partial charge in [-0.15, -0.1) is 0 Å². The van der Waals surface area contributed by atoms with Crippen LogP contribution in [-0.2, 0) is 6.54 Å². The molecule has 0 saturated heterocycles. The van der Waals surface area contributed by atoms with Gasteiger partial charge in [0.25, 0.3) is 0 Å². The van der Waals surface area contributed by atoms with Gasteiger partial charge in [-0.2, -0.15) is 10.1 Å². The van der Waals surface area contributed by atoms with Gasteiger partial charge in [-0.05, 0) is 6.07 Å². The van der Waals surface area contributed by atoms with Gasteiger partial charge in [-0.25, -0.2) is 4.79 Å². The number of carboxylic acids is 1. The molecule has 0 radical (unpaired) electrons. The lowest BCUT2D eigenvalue weighted by Gasteiger charge is -1.99. The number of aromatic carboxylic acids is 1. The number of nitrogens with zero attached hydrogens (tertiary/aromatic N) is 4. The number of rotatable bonds is 3. The molecule has 0 aliphatic carbocycles. The monoisotopic (exact) mass is 208 g/mol. The molecule has 2 aromatic heterocycles. The van der Waals surface area contributed by atoms with E-state index in [9.17, 15) is 4.79 Å². The van der Waals surface area contributed by atoms with Crippen molar-refractivity contribution in [1.29, 1.82) is 0 Å². The van der Waals surface area contributed by atoms with E-state index >= 15 is 0 Å². The lowest BCUT2D eigenvalue weighted by molar-refractivity contribution is 0.0684. The van der Waals surface area contributed by atoms with Crippen molar-refractivity contribution in [2.45, 2.75) is 13.5 Å². The Labute approximate surface area is 84.3 Å². The quantitative estimate of drug-likeness (QED) is 0.780. The highest BCUT2D eigenvalue weighted by Gasteiger charge is 2.12. The van der Waals surface area contributed by atoms with Crippen molar-refractivity contribution in [1.82, 2.24) is 19.9 Å². The van der Waals surface area contributed by atoms with E-state index in [0.29, 0.717) is 11.7 Å². The SMILES string of the molecule is Cc1nc(Cn2nccc2C(=O)O)no1. The molecule has 0 spiro atoms. The topological polar surface area (TPSA) is 94.0 Å². The molecule has 7 nitrogen and oxygen atoms in total. The summed E-state index contributed by atoms with van der Waals surface area (Å²) in [4.78, 5) is 14.7. The maximum Gasteiger partial charge on any atom is 0.354 e. The van der Waals surface area contributed by atoms with Gasteiger partial charge in [0, 0.05) is 13.1 Å². The first-order valence-electron chi connectivity index (χ1n) is 4.21. The summed E-state index contributed by atoms with van der Waals surface area (Å²) in [5, 5.41) is 16.3. The third-order valence-electron chi connectivity index (χ3n) is 1.80. The van der Waals surface area contributed by atoms with Crippen LogP contribution in [0.15, 0.2) is 16.8 Å². The maximum absolute atomic E-state index is 10.8. The van der Waals surface area contributed by atoms with Gasteiger partial charge in [-0.3, -0.25) is 4.68 Å². The number of carboxylic acid groups (broad SMARTS) is 1. The van der Waals surface area contributed by atoms with Crippen molar-refractivity contribution < 1.29 is 14.4 Å². The molecule has 0 fully saturated rings. The fourth-order valence-corrected chi connectivity index (χ4v) is 1.18. The fraction of sp³-hybridized carbons (Fsp3) is 0.250. The number of aromatic nitrogens is 4.